The zero-order valence-electron chi connectivity index (χ0n) is 19.9. The van der Waals surface area contributed by atoms with Crippen LogP contribution in [0.4, 0.5) is 0 Å². The fourth-order valence-corrected chi connectivity index (χ4v) is 1.54. The fraction of sp³-hybridized carbons (Fsp3) is 0.294. The molecule has 0 heterocycles. The van der Waals surface area contributed by atoms with Gasteiger partial charge in [0, 0.05) is 5.71 Å². The summed E-state index contributed by atoms with van der Waals surface area (Å²) in [6, 6.07) is 48.0. The van der Waals surface area contributed by atoms with E-state index in [9.17, 15) is 0 Å². The van der Waals surface area contributed by atoms with Gasteiger partial charge in [-0.2, -0.15) is 0 Å². The molecule has 0 amide bonds. The van der Waals surface area contributed by atoms with Crippen LogP contribution >= 0.6 is 0 Å². The molecule has 0 saturated carbocycles. The minimum absolute atomic E-state index is 0. The standard InChI is InChI=1S/4C6H6.3C2H6.4CH4.4H2/c4*1-2-4-6-5-3-1;3*1-2;;;;;;;;/h4*1-6H;3*1-2H3;4*1H4;4*1H/i;;;;;;;;;;;4*1+1. The van der Waals surface area contributed by atoms with Crippen molar-refractivity contribution in [2.24, 2.45) is 0 Å². The highest BCUT2D eigenvalue weighted by Gasteiger charge is 1.59. The second-order valence-electron chi connectivity index (χ2n) is 4.62. The summed E-state index contributed by atoms with van der Waals surface area (Å²) in [6.45, 7) is 12.0. The Kier molecular flexibility index (Phi) is 81.3. The Morgan fingerprint density at radius 2 is 0.206 bits per heavy atom. The first-order valence-corrected chi connectivity index (χ1v) is 11.0. The van der Waals surface area contributed by atoms with Crippen molar-refractivity contribution in [2.75, 3.05) is 0 Å². The molecule has 0 fully saturated rings. The maximum Gasteiger partial charge on any atom is 0 e. The van der Waals surface area contributed by atoms with E-state index in [0.29, 0.717) is 0 Å². The summed E-state index contributed by atoms with van der Waals surface area (Å²) in [5.41, 5.74) is 0. The first kappa shape index (κ1) is 48.3. The minimum atomic E-state index is 0. The average molecular weight is 479 g/mol. The van der Waals surface area contributed by atoms with Gasteiger partial charge in [0.25, 0.3) is 0 Å². The normalized spacial score (nSPS) is 6.18. The highest BCUT2D eigenvalue weighted by atomic mass is 13.7. The van der Waals surface area contributed by atoms with Gasteiger partial charge >= 0.3 is 0 Å². The second kappa shape index (κ2) is 57.2. The lowest BCUT2D eigenvalue weighted by Gasteiger charge is -1.69. The van der Waals surface area contributed by atoms with E-state index >= 15 is 0 Å². The summed E-state index contributed by atoms with van der Waals surface area (Å²) in [5.74, 6) is 0. The van der Waals surface area contributed by atoms with E-state index in [1.807, 2.05) is 187 Å². The molecule has 0 atom stereocenters. The van der Waals surface area contributed by atoms with E-state index in [-0.39, 0.29) is 35.4 Å². The van der Waals surface area contributed by atoms with Crippen LogP contribution in [0.1, 0.15) is 77.0 Å². The molecule has 0 aromatic heterocycles. The van der Waals surface area contributed by atoms with Gasteiger partial charge in [0.2, 0.25) is 0 Å². The van der Waals surface area contributed by atoms with Gasteiger partial charge in [-0.15, -0.1) is 0 Å². The van der Waals surface area contributed by atoms with Crippen LogP contribution in [0.25, 0.3) is 0 Å². The molecule has 0 aliphatic heterocycles. The number of hydrogen-bond donors (Lipinski definition) is 0. The third-order valence-electron chi connectivity index (χ3n) is 2.67. The van der Waals surface area contributed by atoms with Crippen LogP contribution in [0, 0.1) is 0 Å². The lowest BCUT2D eigenvalue weighted by Crippen LogP contribution is -1.47. The maximum atomic E-state index is 2.00. The van der Waals surface area contributed by atoms with Crippen LogP contribution in [-0.4, -0.2) is 0 Å². The van der Waals surface area contributed by atoms with Crippen molar-refractivity contribution in [3.05, 3.63) is 146 Å². The molecule has 0 saturated heterocycles. The number of benzene rings is 4. The smallest absolute Gasteiger partial charge is 0 e. The van der Waals surface area contributed by atoms with E-state index in [4.69, 9.17) is 0 Å². The number of rotatable bonds is 0. The quantitative estimate of drug-likeness (QED) is 0.236. The van der Waals surface area contributed by atoms with Crippen molar-refractivity contribution in [1.29, 1.82) is 0 Å². The molecule has 0 radical (unpaired) electrons. The molecular weight excluding hydrogens is 408 g/mol. The van der Waals surface area contributed by atoms with Crippen LogP contribution in [0.5, 0.6) is 0 Å². The van der Waals surface area contributed by atoms with Gasteiger partial charge in [0.05, 0.1) is 0 Å². The van der Waals surface area contributed by atoms with Gasteiger partial charge < -0.3 is 0 Å². The minimum Gasteiger partial charge on any atom is -0.0776 e. The van der Waals surface area contributed by atoms with Crippen LogP contribution in [0.2, 0.25) is 0 Å². The summed E-state index contributed by atoms with van der Waals surface area (Å²) in [7, 11) is 0. The van der Waals surface area contributed by atoms with Gasteiger partial charge in [-0.1, -0.05) is 217 Å². The summed E-state index contributed by atoms with van der Waals surface area (Å²) in [4.78, 5) is 0. The molecule has 0 unspecified atom stereocenters. The highest BCUT2D eigenvalue weighted by molar-refractivity contribution is 5.00. The first-order chi connectivity index (χ1) is 15.0. The van der Waals surface area contributed by atoms with Crippen LogP contribution in [0.3, 0.4) is 0 Å². The zero-order chi connectivity index (χ0) is 23.0. The third-order valence-corrected chi connectivity index (χ3v) is 2.67. The van der Waals surface area contributed by atoms with Gasteiger partial charge in [0.15, 0.2) is 0 Å². The van der Waals surface area contributed by atoms with Crippen LogP contribution in [0.15, 0.2) is 146 Å². The van der Waals surface area contributed by atoms with Crippen molar-refractivity contribution < 1.29 is 5.71 Å². The molecule has 0 heteroatoms. The van der Waals surface area contributed by atoms with Gasteiger partial charge in [-0.05, 0) is 0 Å². The SMILES string of the molecule is C.C.C.C.CC.CC.CC.[2HH].[2HH].[2HH].[2HH].c1ccccc1.c1ccccc1.c1ccccc1.c1ccccc1. The van der Waals surface area contributed by atoms with Crippen molar-refractivity contribution in [3.8, 4) is 0 Å². The summed E-state index contributed by atoms with van der Waals surface area (Å²) >= 11 is 0. The topological polar surface area (TPSA) is 0 Å². The Hall–Kier alpha value is -3.12. The van der Waals surface area contributed by atoms with Crippen molar-refractivity contribution in [2.45, 2.75) is 71.2 Å². The molecule has 4 aromatic carbocycles. The third kappa shape index (κ3) is 51.5. The molecule has 4 rings (SSSR count). The molecule has 202 valence electrons. The summed E-state index contributed by atoms with van der Waals surface area (Å²) < 4.78 is 0. The van der Waals surface area contributed by atoms with E-state index in [1.54, 1.807) is 0 Å². The molecule has 0 aliphatic rings. The van der Waals surface area contributed by atoms with E-state index in [1.165, 1.54) is 0 Å². The molecule has 4 aromatic rings. The molecule has 0 nitrogen and oxygen atoms in total. The monoisotopic (exact) mass is 479 g/mol. The molecular formula is C34H66. The highest BCUT2D eigenvalue weighted by Crippen LogP contribution is 1.81. The van der Waals surface area contributed by atoms with Crippen LogP contribution < -0.4 is 0 Å². The van der Waals surface area contributed by atoms with Gasteiger partial charge in [-0.25, -0.2) is 0 Å². The Balaban J connectivity index is -0.0000000250. The number of hydrogen-bond acceptors (Lipinski definition) is 0. The molecule has 0 spiro atoms. The zero-order valence-corrected chi connectivity index (χ0v) is 19.9. The van der Waals surface area contributed by atoms with E-state index in [0.717, 1.165) is 0 Å². The van der Waals surface area contributed by atoms with E-state index < -0.39 is 0 Å². The molecule has 0 aliphatic carbocycles. The largest absolute Gasteiger partial charge is 0.0776 e. The first-order valence-electron chi connectivity index (χ1n) is 11.0. The van der Waals surface area contributed by atoms with Crippen molar-refractivity contribution in [1.82, 2.24) is 0 Å². The molecule has 0 bridgehead atoms. The summed E-state index contributed by atoms with van der Waals surface area (Å²) in [5, 5.41) is 0. The van der Waals surface area contributed by atoms with Gasteiger partial charge in [0.1, 0.15) is 0 Å². The Labute approximate surface area is 222 Å². The molecule has 0 N–H and O–H groups in total. The predicted molar refractivity (Wildman–Crippen MR) is 175 cm³/mol. The second-order valence-corrected chi connectivity index (χ2v) is 4.62. The Morgan fingerprint density at radius 1 is 0.176 bits per heavy atom. The maximum absolute atomic E-state index is 2.00. The van der Waals surface area contributed by atoms with Crippen LogP contribution in [-0.2, 0) is 0 Å². The van der Waals surface area contributed by atoms with Gasteiger partial charge in [-0.3, -0.25) is 0 Å². The Bertz CT molecular complexity index is 432. The van der Waals surface area contributed by atoms with Crippen molar-refractivity contribution in [3.63, 3.8) is 0 Å². The fourth-order valence-electron chi connectivity index (χ4n) is 1.54. The lowest BCUT2D eigenvalue weighted by molar-refractivity contribution is 1.50. The summed E-state index contributed by atoms with van der Waals surface area (Å²) in [6.07, 6.45) is 0. The van der Waals surface area contributed by atoms with E-state index in [2.05, 4.69) is 0 Å². The lowest BCUT2D eigenvalue weighted by atomic mass is 10.4. The average Bonchev–Trinajstić information content (AvgIpc) is 2.93. The van der Waals surface area contributed by atoms with Crippen molar-refractivity contribution >= 4 is 0 Å². The Morgan fingerprint density at radius 3 is 0.235 bits per heavy atom. The molecule has 34 heavy (non-hydrogen) atoms. The predicted octanol–water partition coefficient (Wildman–Crippen LogP) is 13.4.